The molecule has 1 aliphatic heterocycles. The molecule has 0 unspecified atom stereocenters. The van der Waals surface area contributed by atoms with Crippen molar-refractivity contribution in [2.45, 2.75) is 24.2 Å². The number of sulfone groups is 1. The number of thiazole rings is 1. The Hall–Kier alpha value is -2.43. The van der Waals surface area contributed by atoms with Gasteiger partial charge in [0.05, 0.1) is 22.9 Å². The van der Waals surface area contributed by atoms with Crippen molar-refractivity contribution in [3.63, 3.8) is 0 Å². The molecule has 1 aliphatic rings. The van der Waals surface area contributed by atoms with Gasteiger partial charge in [0.15, 0.2) is 9.84 Å². The number of hydrogen-bond donors (Lipinski definition) is 0. The van der Waals surface area contributed by atoms with Crippen molar-refractivity contribution in [1.82, 2.24) is 9.88 Å². The Bertz CT molecular complexity index is 1160. The molecule has 2 heterocycles. The van der Waals surface area contributed by atoms with Gasteiger partial charge in [0.2, 0.25) is 0 Å². The summed E-state index contributed by atoms with van der Waals surface area (Å²) in [6.07, 6.45) is -4.17. The van der Waals surface area contributed by atoms with Gasteiger partial charge in [-0.1, -0.05) is 36.4 Å². The van der Waals surface area contributed by atoms with Gasteiger partial charge in [0.1, 0.15) is 10.8 Å². The fourth-order valence-corrected chi connectivity index (χ4v) is 6.29. The van der Waals surface area contributed by atoms with E-state index in [-0.39, 0.29) is 16.6 Å². The number of nitrogens with zero attached hydrogens (tertiary/aromatic N) is 2. The Morgan fingerprint density at radius 3 is 2.66 bits per heavy atom. The maximum atomic E-state index is 12.8. The minimum Gasteiger partial charge on any atom is -0.406 e. The van der Waals surface area contributed by atoms with Gasteiger partial charge in [0.25, 0.3) is 0 Å². The smallest absolute Gasteiger partial charge is 0.406 e. The number of alkyl halides is 3. The predicted molar refractivity (Wildman–Crippen MR) is 116 cm³/mol. The largest absolute Gasteiger partial charge is 0.573 e. The van der Waals surface area contributed by atoms with Crippen LogP contribution in [0.3, 0.4) is 0 Å². The van der Waals surface area contributed by atoms with Crippen LogP contribution < -0.4 is 4.74 Å². The van der Waals surface area contributed by atoms with Gasteiger partial charge in [0, 0.05) is 17.5 Å². The Morgan fingerprint density at radius 1 is 1.12 bits per heavy atom. The maximum absolute atomic E-state index is 12.8. The highest BCUT2D eigenvalue weighted by molar-refractivity contribution is 7.91. The van der Waals surface area contributed by atoms with Crippen LogP contribution in [0.4, 0.5) is 13.2 Å². The molecule has 0 spiro atoms. The molecule has 3 aromatic rings. The van der Waals surface area contributed by atoms with Crippen molar-refractivity contribution in [3.05, 3.63) is 65.0 Å². The van der Waals surface area contributed by atoms with Crippen molar-refractivity contribution < 1.29 is 26.3 Å². The summed E-state index contributed by atoms with van der Waals surface area (Å²) < 4.78 is 66.7. The van der Waals surface area contributed by atoms with Crippen molar-refractivity contribution in [2.75, 3.05) is 18.8 Å². The Kier molecular flexibility index (Phi) is 6.55. The molecule has 10 heteroatoms. The van der Waals surface area contributed by atoms with E-state index in [0.717, 1.165) is 34.9 Å². The van der Waals surface area contributed by atoms with Crippen LogP contribution in [-0.4, -0.2) is 43.5 Å². The third-order valence-corrected chi connectivity index (χ3v) is 7.92. The van der Waals surface area contributed by atoms with E-state index >= 15 is 0 Å². The second-order valence-corrected chi connectivity index (χ2v) is 10.7. The maximum Gasteiger partial charge on any atom is 0.573 e. The number of likely N-dealkylation sites (tertiary alicyclic amines) is 1. The zero-order chi connectivity index (χ0) is 22.8. The van der Waals surface area contributed by atoms with E-state index in [0.29, 0.717) is 19.5 Å². The number of halogens is 3. The van der Waals surface area contributed by atoms with Crippen LogP contribution in [0.5, 0.6) is 5.75 Å². The fraction of sp³-hybridized carbons (Fsp3) is 0.318. The van der Waals surface area contributed by atoms with Crippen LogP contribution in [0, 0.1) is 5.92 Å². The van der Waals surface area contributed by atoms with E-state index in [2.05, 4.69) is 14.6 Å². The standard InChI is InChI=1S/C22H21F3N2O3S2/c23-22(24,25)30-18-7-4-8-19(11-18)32(28,29)15-16-9-10-27(12-16)13-21-26-20(14-31-21)17-5-2-1-3-6-17/h1-8,11,14,16H,9-10,12-13,15H2/t16-/m1/s1. The molecule has 5 nitrogen and oxygen atoms in total. The van der Waals surface area contributed by atoms with E-state index in [4.69, 9.17) is 0 Å². The minimum absolute atomic E-state index is 0.0965. The first-order chi connectivity index (χ1) is 15.2. The first-order valence-electron chi connectivity index (χ1n) is 9.99. The lowest BCUT2D eigenvalue weighted by molar-refractivity contribution is -0.274. The molecule has 1 atom stereocenters. The monoisotopic (exact) mass is 482 g/mol. The predicted octanol–water partition coefficient (Wildman–Crippen LogP) is 5.00. The van der Waals surface area contributed by atoms with Gasteiger partial charge in [-0.2, -0.15) is 0 Å². The van der Waals surface area contributed by atoms with Crippen molar-refractivity contribution >= 4 is 21.2 Å². The summed E-state index contributed by atoms with van der Waals surface area (Å²) >= 11 is 1.57. The van der Waals surface area contributed by atoms with E-state index in [9.17, 15) is 21.6 Å². The summed E-state index contributed by atoms with van der Waals surface area (Å²) in [4.78, 5) is 6.68. The van der Waals surface area contributed by atoms with E-state index in [1.807, 2.05) is 35.7 Å². The number of hydrogen-bond acceptors (Lipinski definition) is 6. The van der Waals surface area contributed by atoms with Gasteiger partial charge in [-0.25, -0.2) is 13.4 Å². The first-order valence-corrected chi connectivity index (χ1v) is 12.5. The van der Waals surface area contributed by atoms with Crippen LogP contribution in [0.15, 0.2) is 64.9 Å². The van der Waals surface area contributed by atoms with Gasteiger partial charge in [-0.05, 0) is 37.1 Å². The highest BCUT2D eigenvalue weighted by Gasteiger charge is 2.32. The molecule has 1 fully saturated rings. The zero-order valence-corrected chi connectivity index (χ0v) is 18.6. The molecule has 32 heavy (non-hydrogen) atoms. The average molecular weight is 483 g/mol. The number of ether oxygens (including phenoxy) is 1. The first kappa shape index (κ1) is 22.8. The van der Waals surface area contributed by atoms with E-state index in [1.54, 1.807) is 11.3 Å². The second kappa shape index (κ2) is 9.21. The van der Waals surface area contributed by atoms with E-state index < -0.39 is 21.9 Å². The fourth-order valence-electron chi connectivity index (χ4n) is 3.78. The van der Waals surface area contributed by atoms with Gasteiger partial charge < -0.3 is 4.74 Å². The SMILES string of the molecule is O=S(=O)(C[C@@H]1CCN(Cc2nc(-c3ccccc3)cs2)C1)c1cccc(OC(F)(F)F)c1. The second-order valence-electron chi connectivity index (χ2n) is 7.69. The lowest BCUT2D eigenvalue weighted by atomic mass is 10.2. The molecule has 1 aromatic heterocycles. The molecule has 2 aromatic carbocycles. The molecule has 170 valence electrons. The molecule has 0 aliphatic carbocycles. The molecule has 0 saturated carbocycles. The third-order valence-electron chi connectivity index (χ3n) is 5.20. The molecule has 0 N–H and O–H groups in total. The van der Waals surface area contributed by atoms with Crippen molar-refractivity contribution in [2.24, 2.45) is 5.92 Å². The highest BCUT2D eigenvalue weighted by Crippen LogP contribution is 2.29. The lowest BCUT2D eigenvalue weighted by Crippen LogP contribution is -2.23. The third kappa shape index (κ3) is 5.87. The van der Waals surface area contributed by atoms with Crippen LogP contribution in [-0.2, 0) is 16.4 Å². The van der Waals surface area contributed by atoms with Crippen molar-refractivity contribution in [1.29, 1.82) is 0 Å². The lowest BCUT2D eigenvalue weighted by Gasteiger charge is -2.15. The quantitative estimate of drug-likeness (QED) is 0.474. The summed E-state index contributed by atoms with van der Waals surface area (Å²) in [5.74, 6) is -0.753. The summed E-state index contributed by atoms with van der Waals surface area (Å²) in [5.41, 5.74) is 1.97. The van der Waals surface area contributed by atoms with Crippen LogP contribution in [0.1, 0.15) is 11.4 Å². The topological polar surface area (TPSA) is 59.5 Å². The molecule has 4 rings (SSSR count). The molecule has 0 radical (unpaired) electrons. The number of benzene rings is 2. The van der Waals surface area contributed by atoms with Gasteiger partial charge >= 0.3 is 6.36 Å². The average Bonchev–Trinajstić information content (AvgIpc) is 3.37. The summed E-state index contributed by atoms with van der Waals surface area (Å²) in [6.45, 7) is 1.98. The summed E-state index contributed by atoms with van der Waals surface area (Å²) in [7, 11) is -3.74. The van der Waals surface area contributed by atoms with Gasteiger partial charge in [-0.3, -0.25) is 4.90 Å². The molecule has 1 saturated heterocycles. The minimum atomic E-state index is -4.87. The van der Waals surface area contributed by atoms with Gasteiger partial charge in [-0.15, -0.1) is 24.5 Å². The molecule has 0 bridgehead atoms. The Balaban J connectivity index is 1.36. The number of aromatic nitrogens is 1. The molecular formula is C22H21F3N2O3S2. The van der Waals surface area contributed by atoms with Crippen LogP contribution in [0.25, 0.3) is 11.3 Å². The summed E-state index contributed by atoms with van der Waals surface area (Å²) in [5, 5.41) is 2.97. The Morgan fingerprint density at radius 2 is 1.91 bits per heavy atom. The highest BCUT2D eigenvalue weighted by atomic mass is 32.2. The Labute approximate surface area is 188 Å². The molecule has 0 amide bonds. The van der Waals surface area contributed by atoms with Crippen molar-refractivity contribution in [3.8, 4) is 17.0 Å². The zero-order valence-electron chi connectivity index (χ0n) is 17.0. The van der Waals surface area contributed by atoms with Crippen LogP contribution in [0.2, 0.25) is 0 Å². The summed E-state index contributed by atoms with van der Waals surface area (Å²) in [6, 6.07) is 14.4. The van der Waals surface area contributed by atoms with E-state index in [1.165, 1.54) is 12.1 Å². The number of rotatable bonds is 7. The van der Waals surface area contributed by atoms with Crippen LogP contribution >= 0.6 is 11.3 Å². The molecular weight excluding hydrogens is 461 g/mol. The normalized spacial score (nSPS) is 17.5.